The van der Waals surface area contributed by atoms with Crippen molar-refractivity contribution in [2.45, 2.75) is 19.8 Å². The van der Waals surface area contributed by atoms with E-state index < -0.39 is 0 Å². The third-order valence-electron chi connectivity index (χ3n) is 2.39. The van der Waals surface area contributed by atoms with Crippen LogP contribution >= 0.6 is 0 Å². The van der Waals surface area contributed by atoms with E-state index >= 15 is 0 Å². The summed E-state index contributed by atoms with van der Waals surface area (Å²) in [5.41, 5.74) is 7.58. The van der Waals surface area contributed by atoms with Gasteiger partial charge in [0.2, 0.25) is 0 Å². The summed E-state index contributed by atoms with van der Waals surface area (Å²) in [6.45, 7) is 3.62. The van der Waals surface area contributed by atoms with Gasteiger partial charge >= 0.3 is 0 Å². The highest BCUT2D eigenvalue weighted by Gasteiger charge is 2.13. The number of anilines is 2. The molecule has 1 saturated heterocycles. The van der Waals surface area contributed by atoms with E-state index in [0.29, 0.717) is 0 Å². The zero-order valence-electron chi connectivity index (χ0n) is 8.36. The molecule has 0 saturated carbocycles. The Balaban J connectivity index is 2.18. The highest BCUT2D eigenvalue weighted by molar-refractivity contribution is 5.53. The Morgan fingerprint density at radius 3 is 3.00 bits per heavy atom. The van der Waals surface area contributed by atoms with Crippen molar-refractivity contribution < 1.29 is 4.84 Å². The molecule has 0 spiro atoms. The second-order valence-electron chi connectivity index (χ2n) is 3.54. The summed E-state index contributed by atoms with van der Waals surface area (Å²) in [5.74, 6) is 0.813. The van der Waals surface area contributed by atoms with Crippen LogP contribution in [0.25, 0.3) is 0 Å². The lowest BCUT2D eigenvalue weighted by Gasteiger charge is -2.26. The Morgan fingerprint density at radius 1 is 1.50 bits per heavy atom. The number of nitrogens with zero attached hydrogens (tertiary/aromatic N) is 2. The van der Waals surface area contributed by atoms with Crippen LogP contribution in [-0.4, -0.2) is 18.1 Å². The van der Waals surface area contributed by atoms with E-state index in [1.165, 1.54) is 0 Å². The van der Waals surface area contributed by atoms with Gasteiger partial charge in [-0.15, -0.1) is 0 Å². The van der Waals surface area contributed by atoms with Gasteiger partial charge in [0.1, 0.15) is 0 Å². The van der Waals surface area contributed by atoms with Gasteiger partial charge in [0.25, 0.3) is 0 Å². The number of rotatable bonds is 1. The molecule has 4 heteroatoms. The van der Waals surface area contributed by atoms with Gasteiger partial charge in [0, 0.05) is 24.5 Å². The molecule has 0 unspecified atom stereocenters. The van der Waals surface area contributed by atoms with Gasteiger partial charge < -0.3 is 5.73 Å². The summed E-state index contributed by atoms with van der Waals surface area (Å²) < 4.78 is 0. The molecule has 0 atom stereocenters. The molecule has 1 aromatic heterocycles. The molecule has 1 aliphatic rings. The minimum atomic E-state index is 0.768. The summed E-state index contributed by atoms with van der Waals surface area (Å²) in [6.07, 6.45) is 4.05. The lowest BCUT2D eigenvalue weighted by atomic mass is 10.2. The molecular formula is C10H15N3O. The number of nitrogens with two attached hydrogens (primary N) is 1. The van der Waals surface area contributed by atoms with E-state index in [4.69, 9.17) is 10.6 Å². The maximum Gasteiger partial charge on any atom is 0.154 e. The Kier molecular flexibility index (Phi) is 2.54. The average molecular weight is 193 g/mol. The predicted octanol–water partition coefficient (Wildman–Crippen LogP) is 1.50. The van der Waals surface area contributed by atoms with Crippen molar-refractivity contribution in [3.05, 3.63) is 17.8 Å². The van der Waals surface area contributed by atoms with Crippen LogP contribution in [0.2, 0.25) is 0 Å². The van der Waals surface area contributed by atoms with Gasteiger partial charge in [-0.3, -0.25) is 4.84 Å². The average Bonchev–Trinajstić information content (AvgIpc) is 2.23. The van der Waals surface area contributed by atoms with Gasteiger partial charge in [-0.1, -0.05) is 0 Å². The van der Waals surface area contributed by atoms with Crippen LogP contribution in [-0.2, 0) is 4.84 Å². The van der Waals surface area contributed by atoms with Crippen LogP contribution in [0.1, 0.15) is 18.4 Å². The summed E-state index contributed by atoms with van der Waals surface area (Å²) in [5, 5.41) is 1.82. The largest absolute Gasteiger partial charge is 0.398 e. The zero-order chi connectivity index (χ0) is 9.97. The number of pyridine rings is 1. The molecule has 0 bridgehead atoms. The third-order valence-corrected chi connectivity index (χ3v) is 2.39. The fourth-order valence-corrected chi connectivity index (χ4v) is 1.44. The van der Waals surface area contributed by atoms with Crippen molar-refractivity contribution in [1.82, 2.24) is 4.98 Å². The summed E-state index contributed by atoms with van der Waals surface area (Å²) in [6, 6.07) is 1.86. The maximum absolute atomic E-state index is 5.81. The van der Waals surface area contributed by atoms with Crippen molar-refractivity contribution in [2.75, 3.05) is 23.9 Å². The van der Waals surface area contributed by atoms with Gasteiger partial charge in [-0.05, 0) is 25.3 Å². The monoisotopic (exact) mass is 193 g/mol. The molecule has 2 heterocycles. The first-order valence-corrected chi connectivity index (χ1v) is 4.90. The fourth-order valence-electron chi connectivity index (χ4n) is 1.44. The number of aromatic nitrogens is 1. The SMILES string of the molecule is Cc1cnc(N2CCCCO2)cc1N. The first-order valence-electron chi connectivity index (χ1n) is 4.90. The Labute approximate surface area is 83.6 Å². The summed E-state index contributed by atoms with van der Waals surface area (Å²) in [7, 11) is 0. The van der Waals surface area contributed by atoms with Crippen LogP contribution in [0.5, 0.6) is 0 Å². The molecule has 76 valence electrons. The second-order valence-corrected chi connectivity index (χ2v) is 3.54. The Bertz CT molecular complexity index is 321. The highest BCUT2D eigenvalue weighted by Crippen LogP contribution is 2.20. The molecule has 14 heavy (non-hydrogen) atoms. The van der Waals surface area contributed by atoms with E-state index in [0.717, 1.165) is 43.1 Å². The molecule has 0 amide bonds. The topological polar surface area (TPSA) is 51.4 Å². The number of nitrogen functional groups attached to an aromatic ring is 1. The Morgan fingerprint density at radius 2 is 2.36 bits per heavy atom. The first-order chi connectivity index (χ1) is 6.77. The Hall–Kier alpha value is -1.29. The molecule has 0 aliphatic carbocycles. The smallest absolute Gasteiger partial charge is 0.154 e. The molecule has 0 radical (unpaired) electrons. The highest BCUT2D eigenvalue weighted by atomic mass is 16.7. The van der Waals surface area contributed by atoms with E-state index in [9.17, 15) is 0 Å². The standard InChI is InChI=1S/C10H15N3O/c1-8-7-12-10(6-9(8)11)13-4-2-3-5-14-13/h6-7H,2-5H2,1H3,(H2,11,12). The molecule has 4 nitrogen and oxygen atoms in total. The minimum Gasteiger partial charge on any atom is -0.398 e. The molecule has 2 rings (SSSR count). The molecule has 0 aromatic carbocycles. The van der Waals surface area contributed by atoms with E-state index in [2.05, 4.69) is 4.98 Å². The van der Waals surface area contributed by atoms with E-state index in [1.807, 2.05) is 18.1 Å². The fraction of sp³-hybridized carbons (Fsp3) is 0.500. The number of hydrogen-bond acceptors (Lipinski definition) is 4. The summed E-state index contributed by atoms with van der Waals surface area (Å²) in [4.78, 5) is 9.76. The van der Waals surface area contributed by atoms with Gasteiger partial charge in [-0.2, -0.15) is 0 Å². The maximum atomic E-state index is 5.81. The molecule has 1 fully saturated rings. The molecule has 2 N–H and O–H groups in total. The number of hydrogen-bond donors (Lipinski definition) is 1. The van der Waals surface area contributed by atoms with Gasteiger partial charge in [0.15, 0.2) is 5.82 Å². The quantitative estimate of drug-likeness (QED) is 0.734. The lowest BCUT2D eigenvalue weighted by Crippen LogP contribution is -2.30. The van der Waals surface area contributed by atoms with Crippen molar-refractivity contribution >= 4 is 11.5 Å². The van der Waals surface area contributed by atoms with Crippen LogP contribution < -0.4 is 10.8 Å². The van der Waals surface area contributed by atoms with Crippen LogP contribution in [0, 0.1) is 6.92 Å². The first kappa shape index (κ1) is 9.27. The molecular weight excluding hydrogens is 178 g/mol. The molecule has 1 aromatic rings. The predicted molar refractivity (Wildman–Crippen MR) is 55.9 cm³/mol. The lowest BCUT2D eigenvalue weighted by molar-refractivity contribution is 0.0761. The number of aryl methyl sites for hydroxylation is 1. The zero-order valence-corrected chi connectivity index (χ0v) is 8.36. The number of hydroxylamine groups is 1. The van der Waals surface area contributed by atoms with Crippen molar-refractivity contribution in [1.29, 1.82) is 0 Å². The van der Waals surface area contributed by atoms with Crippen molar-refractivity contribution in [2.24, 2.45) is 0 Å². The minimum absolute atomic E-state index is 0.768. The van der Waals surface area contributed by atoms with Crippen LogP contribution in [0.3, 0.4) is 0 Å². The van der Waals surface area contributed by atoms with Crippen LogP contribution in [0.15, 0.2) is 12.3 Å². The van der Waals surface area contributed by atoms with Crippen molar-refractivity contribution in [3.8, 4) is 0 Å². The normalized spacial score (nSPS) is 17.1. The van der Waals surface area contributed by atoms with E-state index in [-0.39, 0.29) is 0 Å². The van der Waals surface area contributed by atoms with Crippen LogP contribution in [0.4, 0.5) is 11.5 Å². The third kappa shape index (κ3) is 1.80. The molecule has 1 aliphatic heterocycles. The second kappa shape index (κ2) is 3.84. The summed E-state index contributed by atoms with van der Waals surface area (Å²) >= 11 is 0. The van der Waals surface area contributed by atoms with Crippen molar-refractivity contribution in [3.63, 3.8) is 0 Å². The van der Waals surface area contributed by atoms with E-state index in [1.54, 1.807) is 6.20 Å². The van der Waals surface area contributed by atoms with Gasteiger partial charge in [0.05, 0.1) is 6.61 Å². The van der Waals surface area contributed by atoms with Gasteiger partial charge in [-0.25, -0.2) is 10.0 Å².